The van der Waals surface area contributed by atoms with E-state index in [1.54, 1.807) is 6.07 Å². The lowest BCUT2D eigenvalue weighted by molar-refractivity contribution is 0.0951. The maximum atomic E-state index is 12.0. The van der Waals surface area contributed by atoms with Crippen LogP contribution in [-0.2, 0) is 0 Å². The molecule has 3 N–H and O–H groups in total. The van der Waals surface area contributed by atoms with Crippen LogP contribution in [0.4, 0.5) is 0 Å². The van der Waals surface area contributed by atoms with Gasteiger partial charge in [0.05, 0.1) is 0 Å². The first kappa shape index (κ1) is 16.6. The van der Waals surface area contributed by atoms with Crippen LogP contribution in [0.1, 0.15) is 46.5 Å². The summed E-state index contributed by atoms with van der Waals surface area (Å²) in [5.41, 5.74) is 1.51. The maximum Gasteiger partial charge on any atom is 0.271 e. The molecule has 1 atom stereocenters. The molecular formula is C17H21N3O3. The van der Waals surface area contributed by atoms with Crippen LogP contribution in [0, 0.1) is 0 Å². The van der Waals surface area contributed by atoms with Crippen LogP contribution in [0.2, 0.25) is 0 Å². The van der Waals surface area contributed by atoms with Gasteiger partial charge in [-0.2, -0.15) is 0 Å². The Morgan fingerprint density at radius 1 is 1.22 bits per heavy atom. The summed E-state index contributed by atoms with van der Waals surface area (Å²) in [7, 11) is 1.53. The molecule has 0 unspecified atom stereocenters. The maximum absolute atomic E-state index is 12.0. The summed E-state index contributed by atoms with van der Waals surface area (Å²) in [5.74, 6) is -0.266. The number of amides is 2. The molecule has 0 aliphatic carbocycles. The van der Waals surface area contributed by atoms with E-state index in [9.17, 15) is 9.59 Å². The van der Waals surface area contributed by atoms with Crippen molar-refractivity contribution in [2.45, 2.75) is 20.0 Å². The monoisotopic (exact) mass is 315 g/mol. The highest BCUT2D eigenvalue weighted by Gasteiger charge is 2.21. The van der Waals surface area contributed by atoms with E-state index >= 15 is 0 Å². The number of aromatic amines is 1. The molecule has 2 amide bonds. The number of nitrogens with one attached hydrogen (secondary N) is 3. The molecule has 23 heavy (non-hydrogen) atoms. The zero-order chi connectivity index (χ0) is 16.8. The first-order valence-electron chi connectivity index (χ1n) is 7.51. The lowest BCUT2D eigenvalue weighted by atomic mass is 10.1. The van der Waals surface area contributed by atoms with Crippen LogP contribution in [0.5, 0.6) is 5.75 Å². The Kier molecular flexibility index (Phi) is 5.41. The standard InChI is InChI=1S/C17H21N3O3/c1-4-19-16(21)13-10-14(15(20-13)17(22)18-3)23-11(2)12-8-6-5-7-9-12/h5-11,20H,4H2,1-3H3,(H,18,22)(H,19,21)/t11-/m0/s1. The Morgan fingerprint density at radius 3 is 2.52 bits per heavy atom. The van der Waals surface area contributed by atoms with Crippen LogP contribution < -0.4 is 15.4 Å². The Morgan fingerprint density at radius 2 is 1.91 bits per heavy atom. The van der Waals surface area contributed by atoms with Crippen molar-refractivity contribution < 1.29 is 14.3 Å². The molecule has 2 aromatic rings. The largest absolute Gasteiger partial charge is 0.484 e. The molecule has 1 aromatic carbocycles. The van der Waals surface area contributed by atoms with E-state index in [2.05, 4.69) is 15.6 Å². The first-order chi connectivity index (χ1) is 11.1. The molecule has 6 heteroatoms. The van der Waals surface area contributed by atoms with Gasteiger partial charge in [-0.3, -0.25) is 9.59 Å². The number of rotatable bonds is 6. The van der Waals surface area contributed by atoms with E-state index in [1.807, 2.05) is 44.2 Å². The summed E-state index contributed by atoms with van der Waals surface area (Å²) in [6.45, 7) is 4.22. The molecule has 0 aliphatic rings. The van der Waals surface area contributed by atoms with E-state index in [-0.39, 0.29) is 23.6 Å². The Bertz CT molecular complexity index is 680. The van der Waals surface area contributed by atoms with E-state index in [0.29, 0.717) is 18.0 Å². The molecule has 0 aliphatic heterocycles. The van der Waals surface area contributed by atoms with Crippen molar-refractivity contribution in [1.29, 1.82) is 0 Å². The second-order valence-electron chi connectivity index (χ2n) is 5.03. The van der Waals surface area contributed by atoms with Crippen LogP contribution in [-0.4, -0.2) is 30.4 Å². The van der Waals surface area contributed by atoms with Gasteiger partial charge in [0.2, 0.25) is 0 Å². The Balaban J connectivity index is 2.28. The van der Waals surface area contributed by atoms with Gasteiger partial charge in [0.25, 0.3) is 11.8 Å². The molecule has 122 valence electrons. The molecule has 1 heterocycles. The quantitative estimate of drug-likeness (QED) is 0.764. The molecule has 2 rings (SSSR count). The van der Waals surface area contributed by atoms with Gasteiger partial charge in [0.15, 0.2) is 5.75 Å². The van der Waals surface area contributed by atoms with Crippen molar-refractivity contribution in [2.75, 3.05) is 13.6 Å². The van der Waals surface area contributed by atoms with Crippen LogP contribution in [0.25, 0.3) is 0 Å². The summed E-state index contributed by atoms with van der Waals surface area (Å²) in [5, 5.41) is 5.22. The summed E-state index contributed by atoms with van der Waals surface area (Å²) >= 11 is 0. The SMILES string of the molecule is CCNC(=O)c1cc(O[C@@H](C)c2ccccc2)c(C(=O)NC)[nH]1. The second-order valence-corrected chi connectivity index (χ2v) is 5.03. The van der Waals surface area contributed by atoms with E-state index in [1.165, 1.54) is 7.05 Å². The number of aromatic nitrogens is 1. The van der Waals surface area contributed by atoms with E-state index in [4.69, 9.17) is 4.74 Å². The molecule has 0 spiro atoms. The number of H-pyrrole nitrogens is 1. The topological polar surface area (TPSA) is 83.2 Å². The lowest BCUT2D eigenvalue weighted by Crippen LogP contribution is -2.23. The van der Waals surface area contributed by atoms with Crippen molar-refractivity contribution >= 4 is 11.8 Å². The van der Waals surface area contributed by atoms with Gasteiger partial charge in [-0.15, -0.1) is 0 Å². The third-order valence-corrected chi connectivity index (χ3v) is 3.39. The minimum atomic E-state index is -0.337. The highest BCUT2D eigenvalue weighted by Crippen LogP contribution is 2.26. The van der Waals surface area contributed by atoms with Gasteiger partial charge in [-0.05, 0) is 19.4 Å². The van der Waals surface area contributed by atoms with Crippen molar-refractivity contribution in [3.63, 3.8) is 0 Å². The van der Waals surface area contributed by atoms with Crippen molar-refractivity contribution in [1.82, 2.24) is 15.6 Å². The Hall–Kier alpha value is -2.76. The number of ether oxygens (including phenoxy) is 1. The minimum absolute atomic E-state index is 0.233. The predicted octanol–water partition coefficient (Wildman–Crippen LogP) is 2.26. The third kappa shape index (κ3) is 3.91. The van der Waals surface area contributed by atoms with E-state index in [0.717, 1.165) is 5.56 Å². The molecule has 0 saturated carbocycles. The molecule has 0 radical (unpaired) electrons. The molecule has 6 nitrogen and oxygen atoms in total. The average molecular weight is 315 g/mol. The molecule has 0 fully saturated rings. The summed E-state index contributed by atoms with van der Waals surface area (Å²) in [4.78, 5) is 26.8. The number of carbonyl (C=O) groups excluding carboxylic acids is 2. The summed E-state index contributed by atoms with van der Waals surface area (Å²) in [6.07, 6.45) is -0.252. The predicted molar refractivity (Wildman–Crippen MR) is 87.7 cm³/mol. The number of carbonyl (C=O) groups is 2. The molecule has 0 saturated heterocycles. The van der Waals surface area contributed by atoms with E-state index < -0.39 is 0 Å². The van der Waals surface area contributed by atoms with Crippen LogP contribution in [0.3, 0.4) is 0 Å². The number of benzene rings is 1. The highest BCUT2D eigenvalue weighted by molar-refractivity contribution is 5.99. The van der Waals surface area contributed by atoms with Gasteiger partial charge in [0, 0.05) is 19.7 Å². The summed E-state index contributed by atoms with van der Waals surface area (Å²) in [6, 6.07) is 11.2. The van der Waals surface area contributed by atoms with Gasteiger partial charge in [0.1, 0.15) is 17.5 Å². The minimum Gasteiger partial charge on any atom is -0.484 e. The van der Waals surface area contributed by atoms with Gasteiger partial charge >= 0.3 is 0 Å². The third-order valence-electron chi connectivity index (χ3n) is 3.39. The lowest BCUT2D eigenvalue weighted by Gasteiger charge is -2.14. The molecule has 0 bridgehead atoms. The zero-order valence-corrected chi connectivity index (χ0v) is 13.5. The smallest absolute Gasteiger partial charge is 0.271 e. The van der Waals surface area contributed by atoms with Gasteiger partial charge < -0.3 is 20.4 Å². The zero-order valence-electron chi connectivity index (χ0n) is 13.5. The normalized spacial score (nSPS) is 11.6. The fourth-order valence-corrected chi connectivity index (χ4v) is 2.18. The molecular weight excluding hydrogens is 294 g/mol. The fraction of sp³-hybridized carbons (Fsp3) is 0.294. The summed E-state index contributed by atoms with van der Waals surface area (Å²) < 4.78 is 5.89. The second kappa shape index (κ2) is 7.49. The van der Waals surface area contributed by atoms with Crippen molar-refractivity contribution in [3.05, 3.63) is 53.3 Å². The first-order valence-corrected chi connectivity index (χ1v) is 7.51. The highest BCUT2D eigenvalue weighted by atomic mass is 16.5. The van der Waals surface area contributed by atoms with Crippen molar-refractivity contribution in [2.24, 2.45) is 0 Å². The van der Waals surface area contributed by atoms with Crippen LogP contribution >= 0.6 is 0 Å². The number of hydrogen-bond acceptors (Lipinski definition) is 3. The van der Waals surface area contributed by atoms with Gasteiger partial charge in [-0.25, -0.2) is 0 Å². The Labute approximate surface area is 135 Å². The average Bonchev–Trinajstić information content (AvgIpc) is 2.99. The molecule has 1 aromatic heterocycles. The van der Waals surface area contributed by atoms with Crippen molar-refractivity contribution in [3.8, 4) is 5.75 Å². The fourth-order valence-electron chi connectivity index (χ4n) is 2.18. The van der Waals surface area contributed by atoms with Gasteiger partial charge in [-0.1, -0.05) is 30.3 Å². The van der Waals surface area contributed by atoms with Crippen LogP contribution in [0.15, 0.2) is 36.4 Å². The number of hydrogen-bond donors (Lipinski definition) is 3.